The Hall–Kier alpha value is -1.87. The van der Waals surface area contributed by atoms with Gasteiger partial charge in [0.1, 0.15) is 5.75 Å². The Labute approximate surface area is 120 Å². The number of fused-ring (bicyclic) bond motifs is 1. The van der Waals surface area contributed by atoms with Crippen molar-refractivity contribution in [2.75, 3.05) is 13.7 Å². The summed E-state index contributed by atoms with van der Waals surface area (Å²) in [5, 5.41) is 3.41. The van der Waals surface area contributed by atoms with Crippen molar-refractivity contribution in [1.29, 1.82) is 0 Å². The maximum Gasteiger partial charge on any atom is 0.122 e. The lowest BCUT2D eigenvalue weighted by atomic mass is 9.98. The topological polar surface area (TPSA) is 34.2 Å². The van der Waals surface area contributed by atoms with Crippen molar-refractivity contribution >= 4 is 0 Å². The third kappa shape index (κ3) is 2.83. The molecule has 1 aromatic heterocycles. The van der Waals surface area contributed by atoms with Crippen LogP contribution in [-0.2, 0) is 12.8 Å². The first-order chi connectivity index (χ1) is 9.86. The van der Waals surface area contributed by atoms with E-state index in [9.17, 15) is 0 Å². The number of aromatic nitrogens is 1. The van der Waals surface area contributed by atoms with Crippen LogP contribution in [0.25, 0.3) is 0 Å². The van der Waals surface area contributed by atoms with Crippen molar-refractivity contribution < 1.29 is 4.74 Å². The fourth-order valence-corrected chi connectivity index (χ4v) is 2.74. The molecule has 1 N–H and O–H groups in total. The minimum Gasteiger partial charge on any atom is -0.493 e. The summed E-state index contributed by atoms with van der Waals surface area (Å²) in [5.74, 6) is 1.05. The van der Waals surface area contributed by atoms with E-state index in [1.807, 2.05) is 25.4 Å². The first-order valence-electron chi connectivity index (χ1n) is 7.19. The molecule has 0 bridgehead atoms. The Balaban J connectivity index is 1.70. The first kappa shape index (κ1) is 13.1. The fraction of sp³-hybridized carbons (Fsp3) is 0.353. The smallest absolute Gasteiger partial charge is 0.122 e. The molecule has 1 aliphatic heterocycles. The van der Waals surface area contributed by atoms with Gasteiger partial charge >= 0.3 is 0 Å². The lowest BCUT2D eigenvalue weighted by Gasteiger charge is -2.17. The van der Waals surface area contributed by atoms with Gasteiger partial charge in [0.2, 0.25) is 0 Å². The van der Waals surface area contributed by atoms with Gasteiger partial charge in [-0.05, 0) is 49.2 Å². The minimum absolute atomic E-state index is 0.364. The molecule has 0 aliphatic carbocycles. The first-order valence-corrected chi connectivity index (χ1v) is 7.19. The largest absolute Gasteiger partial charge is 0.493 e. The van der Waals surface area contributed by atoms with Crippen LogP contribution in [0.2, 0.25) is 0 Å². The van der Waals surface area contributed by atoms with Gasteiger partial charge in [-0.15, -0.1) is 0 Å². The molecule has 1 unspecified atom stereocenters. The summed E-state index contributed by atoms with van der Waals surface area (Å²) in [6.45, 7) is 0.816. The molecule has 3 rings (SSSR count). The number of pyridine rings is 1. The highest BCUT2D eigenvalue weighted by atomic mass is 16.5. The summed E-state index contributed by atoms with van der Waals surface area (Å²) in [6.07, 6.45) is 4.92. The van der Waals surface area contributed by atoms with E-state index in [2.05, 4.69) is 34.6 Å². The van der Waals surface area contributed by atoms with E-state index in [0.717, 1.165) is 37.3 Å². The predicted octanol–water partition coefficient (Wildman–Crippen LogP) is 2.91. The molecule has 1 atom stereocenters. The van der Waals surface area contributed by atoms with E-state index in [4.69, 9.17) is 4.74 Å². The van der Waals surface area contributed by atoms with Gasteiger partial charge in [0.25, 0.3) is 0 Å². The molecule has 3 heteroatoms. The Bertz CT molecular complexity index is 568. The average Bonchev–Trinajstić information content (AvgIpc) is 2.96. The van der Waals surface area contributed by atoms with E-state index in [0.29, 0.717) is 6.04 Å². The van der Waals surface area contributed by atoms with Crippen LogP contribution in [0.3, 0.4) is 0 Å². The summed E-state index contributed by atoms with van der Waals surface area (Å²) < 4.78 is 5.57. The van der Waals surface area contributed by atoms with Gasteiger partial charge in [0, 0.05) is 24.4 Å². The zero-order chi connectivity index (χ0) is 13.8. The van der Waals surface area contributed by atoms with Crippen LogP contribution in [0, 0.1) is 0 Å². The molecular formula is C17H20N2O. The Morgan fingerprint density at radius 3 is 3.05 bits per heavy atom. The van der Waals surface area contributed by atoms with Crippen LogP contribution < -0.4 is 10.1 Å². The minimum atomic E-state index is 0.364. The molecule has 104 valence electrons. The van der Waals surface area contributed by atoms with Gasteiger partial charge in [-0.25, -0.2) is 0 Å². The van der Waals surface area contributed by atoms with Crippen LogP contribution in [0.5, 0.6) is 5.75 Å². The Morgan fingerprint density at radius 2 is 2.25 bits per heavy atom. The SMILES string of the molecule is CNC(CCc1ccccn1)c1ccc2c(c1)CCO2. The van der Waals surface area contributed by atoms with Gasteiger partial charge in [-0.3, -0.25) is 4.98 Å². The maximum absolute atomic E-state index is 5.57. The number of nitrogens with one attached hydrogen (secondary N) is 1. The lowest BCUT2D eigenvalue weighted by molar-refractivity contribution is 0.356. The molecule has 3 nitrogen and oxygen atoms in total. The standard InChI is InChI=1S/C17H20N2O/c1-18-16(7-6-15-4-2-3-10-19-15)13-5-8-17-14(12-13)9-11-20-17/h2-5,8,10,12,16,18H,6-7,9,11H2,1H3. The van der Waals surface area contributed by atoms with Gasteiger partial charge in [0.15, 0.2) is 0 Å². The number of ether oxygens (including phenoxy) is 1. The third-order valence-corrected chi connectivity index (χ3v) is 3.88. The summed E-state index contributed by atoms with van der Waals surface area (Å²) in [6, 6.07) is 13.0. The van der Waals surface area contributed by atoms with Crippen LogP contribution in [0.4, 0.5) is 0 Å². The van der Waals surface area contributed by atoms with Crippen molar-refractivity contribution in [3.8, 4) is 5.75 Å². The Morgan fingerprint density at radius 1 is 1.30 bits per heavy atom. The highest BCUT2D eigenvalue weighted by molar-refractivity contribution is 5.40. The Kier molecular flexibility index (Phi) is 3.97. The molecule has 2 aromatic rings. The molecule has 1 aromatic carbocycles. The van der Waals surface area contributed by atoms with Crippen LogP contribution >= 0.6 is 0 Å². The van der Waals surface area contributed by atoms with Crippen molar-refractivity contribution in [2.24, 2.45) is 0 Å². The van der Waals surface area contributed by atoms with Crippen molar-refractivity contribution in [3.63, 3.8) is 0 Å². The fourth-order valence-electron chi connectivity index (χ4n) is 2.74. The van der Waals surface area contributed by atoms with E-state index < -0.39 is 0 Å². The second-order valence-corrected chi connectivity index (χ2v) is 5.17. The van der Waals surface area contributed by atoms with Crippen molar-refractivity contribution in [3.05, 3.63) is 59.4 Å². The van der Waals surface area contributed by atoms with E-state index in [1.165, 1.54) is 11.1 Å². The zero-order valence-corrected chi connectivity index (χ0v) is 11.8. The molecule has 0 saturated carbocycles. The summed E-state index contributed by atoms with van der Waals surface area (Å²) >= 11 is 0. The number of hydrogen-bond acceptors (Lipinski definition) is 3. The van der Waals surface area contributed by atoms with Gasteiger partial charge in [0.05, 0.1) is 6.61 Å². The highest BCUT2D eigenvalue weighted by Gasteiger charge is 2.16. The summed E-state index contributed by atoms with van der Waals surface area (Å²) in [7, 11) is 2.02. The summed E-state index contributed by atoms with van der Waals surface area (Å²) in [4.78, 5) is 4.39. The van der Waals surface area contributed by atoms with Crippen LogP contribution in [0.1, 0.15) is 29.3 Å². The molecule has 0 spiro atoms. The van der Waals surface area contributed by atoms with Crippen molar-refractivity contribution in [2.45, 2.75) is 25.3 Å². The van der Waals surface area contributed by atoms with Crippen LogP contribution in [-0.4, -0.2) is 18.6 Å². The zero-order valence-electron chi connectivity index (χ0n) is 11.8. The van der Waals surface area contributed by atoms with E-state index in [1.54, 1.807) is 0 Å². The van der Waals surface area contributed by atoms with Crippen molar-refractivity contribution in [1.82, 2.24) is 10.3 Å². The maximum atomic E-state index is 5.57. The van der Waals surface area contributed by atoms with Gasteiger partial charge in [-0.2, -0.15) is 0 Å². The highest BCUT2D eigenvalue weighted by Crippen LogP contribution is 2.29. The van der Waals surface area contributed by atoms with Gasteiger partial charge in [-0.1, -0.05) is 18.2 Å². The number of benzene rings is 1. The molecule has 2 heterocycles. The molecule has 1 aliphatic rings. The molecule has 0 radical (unpaired) electrons. The third-order valence-electron chi connectivity index (χ3n) is 3.88. The second kappa shape index (κ2) is 6.06. The predicted molar refractivity (Wildman–Crippen MR) is 80.0 cm³/mol. The molecule has 20 heavy (non-hydrogen) atoms. The second-order valence-electron chi connectivity index (χ2n) is 5.17. The van der Waals surface area contributed by atoms with Crippen LogP contribution in [0.15, 0.2) is 42.6 Å². The molecule has 0 fully saturated rings. The normalized spacial score (nSPS) is 14.7. The summed E-state index contributed by atoms with van der Waals surface area (Å²) in [5.41, 5.74) is 3.82. The monoisotopic (exact) mass is 268 g/mol. The quantitative estimate of drug-likeness (QED) is 0.905. The molecule has 0 saturated heterocycles. The number of rotatable bonds is 5. The van der Waals surface area contributed by atoms with E-state index >= 15 is 0 Å². The number of nitrogens with zero attached hydrogens (tertiary/aromatic N) is 1. The van der Waals surface area contributed by atoms with E-state index in [-0.39, 0.29) is 0 Å². The average molecular weight is 268 g/mol. The number of aryl methyl sites for hydroxylation is 1. The molecule has 0 amide bonds. The van der Waals surface area contributed by atoms with Gasteiger partial charge < -0.3 is 10.1 Å². The number of hydrogen-bond donors (Lipinski definition) is 1. The lowest BCUT2D eigenvalue weighted by Crippen LogP contribution is -2.17. The molecular weight excluding hydrogens is 248 g/mol.